The molecule has 3 rings (SSSR count). The molecule has 0 unspecified atom stereocenters. The molecule has 0 aliphatic carbocycles. The molecule has 0 spiro atoms. The number of hydrogen-bond acceptors (Lipinski definition) is 2. The zero-order valence-electron chi connectivity index (χ0n) is 12.0. The summed E-state index contributed by atoms with van der Waals surface area (Å²) in [5, 5.41) is 7.17. The number of benzene rings is 2. The summed E-state index contributed by atoms with van der Waals surface area (Å²) < 4.78 is 0. The van der Waals surface area contributed by atoms with Crippen molar-refractivity contribution in [1.82, 2.24) is 10.6 Å². The molecular formula is C18H22N2. The van der Waals surface area contributed by atoms with Gasteiger partial charge in [0.05, 0.1) is 5.54 Å². The second kappa shape index (κ2) is 5.78. The van der Waals surface area contributed by atoms with Crippen LogP contribution in [0.3, 0.4) is 0 Å². The molecule has 0 atom stereocenters. The first-order valence-corrected chi connectivity index (χ1v) is 7.41. The Morgan fingerprint density at radius 3 is 1.80 bits per heavy atom. The van der Waals surface area contributed by atoms with Crippen LogP contribution in [0.25, 0.3) is 0 Å². The first kappa shape index (κ1) is 13.3. The van der Waals surface area contributed by atoms with Gasteiger partial charge in [-0.15, -0.1) is 0 Å². The van der Waals surface area contributed by atoms with Crippen molar-refractivity contribution in [3.05, 3.63) is 71.8 Å². The predicted molar refractivity (Wildman–Crippen MR) is 84.0 cm³/mol. The van der Waals surface area contributed by atoms with E-state index in [2.05, 4.69) is 78.2 Å². The van der Waals surface area contributed by atoms with Crippen molar-refractivity contribution >= 4 is 0 Å². The fourth-order valence-corrected chi connectivity index (χ4v) is 3.30. The van der Waals surface area contributed by atoms with Gasteiger partial charge in [0.2, 0.25) is 0 Å². The summed E-state index contributed by atoms with van der Waals surface area (Å²) in [6.07, 6.45) is 0. The highest BCUT2D eigenvalue weighted by Crippen LogP contribution is 2.37. The molecule has 1 fully saturated rings. The lowest BCUT2D eigenvalue weighted by Crippen LogP contribution is -2.70. The van der Waals surface area contributed by atoms with Gasteiger partial charge >= 0.3 is 0 Å². The fraction of sp³-hybridized carbons (Fsp3) is 0.333. The molecule has 0 bridgehead atoms. The largest absolute Gasteiger partial charge is 0.313 e. The molecule has 0 aromatic heterocycles. The molecule has 104 valence electrons. The summed E-state index contributed by atoms with van der Waals surface area (Å²) in [6.45, 7) is 5.23. The summed E-state index contributed by atoms with van der Waals surface area (Å²) >= 11 is 0. The van der Waals surface area contributed by atoms with Gasteiger partial charge in [0, 0.05) is 19.0 Å². The van der Waals surface area contributed by atoms with Crippen LogP contribution in [-0.2, 0) is 0 Å². The Morgan fingerprint density at radius 2 is 1.45 bits per heavy atom. The first-order chi connectivity index (χ1) is 9.86. The van der Waals surface area contributed by atoms with Crippen LogP contribution in [0.2, 0.25) is 0 Å². The average Bonchev–Trinajstić information content (AvgIpc) is 2.47. The monoisotopic (exact) mass is 266 g/mol. The van der Waals surface area contributed by atoms with Gasteiger partial charge in [-0.2, -0.15) is 0 Å². The van der Waals surface area contributed by atoms with Crippen LogP contribution in [-0.4, -0.2) is 25.2 Å². The smallest absolute Gasteiger partial charge is 0.0542 e. The summed E-state index contributed by atoms with van der Waals surface area (Å²) in [7, 11) is 0. The average molecular weight is 266 g/mol. The van der Waals surface area contributed by atoms with E-state index in [-0.39, 0.29) is 5.54 Å². The molecule has 1 aliphatic heterocycles. The highest BCUT2D eigenvalue weighted by atomic mass is 15.2. The molecule has 0 saturated carbocycles. The van der Waals surface area contributed by atoms with Gasteiger partial charge in [-0.3, -0.25) is 0 Å². The van der Waals surface area contributed by atoms with E-state index < -0.39 is 0 Å². The lowest BCUT2D eigenvalue weighted by Gasteiger charge is -2.49. The second-order valence-electron chi connectivity index (χ2n) is 5.54. The van der Waals surface area contributed by atoms with Crippen LogP contribution in [0.4, 0.5) is 0 Å². The highest BCUT2D eigenvalue weighted by Gasteiger charge is 2.44. The van der Waals surface area contributed by atoms with Gasteiger partial charge in [-0.1, -0.05) is 67.6 Å². The van der Waals surface area contributed by atoms with Crippen LogP contribution < -0.4 is 10.6 Å². The maximum atomic E-state index is 3.73. The highest BCUT2D eigenvalue weighted by molar-refractivity contribution is 5.38. The molecule has 2 N–H and O–H groups in total. The molecule has 1 heterocycles. The van der Waals surface area contributed by atoms with E-state index in [1.807, 2.05) is 0 Å². The molecule has 2 heteroatoms. The third-order valence-corrected chi connectivity index (χ3v) is 4.23. The maximum Gasteiger partial charge on any atom is 0.0542 e. The lowest BCUT2D eigenvalue weighted by atomic mass is 9.71. The first-order valence-electron chi connectivity index (χ1n) is 7.41. The summed E-state index contributed by atoms with van der Waals surface area (Å²) in [5.41, 5.74) is 2.92. The van der Waals surface area contributed by atoms with Gasteiger partial charge in [0.25, 0.3) is 0 Å². The van der Waals surface area contributed by atoms with Crippen LogP contribution >= 0.6 is 0 Å². The number of rotatable bonds is 5. The zero-order valence-corrected chi connectivity index (χ0v) is 12.0. The van der Waals surface area contributed by atoms with Crippen LogP contribution in [0, 0.1) is 0 Å². The van der Waals surface area contributed by atoms with E-state index >= 15 is 0 Å². The molecular weight excluding hydrogens is 244 g/mol. The number of nitrogens with one attached hydrogen (secondary N) is 2. The Kier molecular flexibility index (Phi) is 3.86. The van der Waals surface area contributed by atoms with E-state index in [0.717, 1.165) is 19.6 Å². The number of likely N-dealkylation sites (N-methyl/N-ethyl adjacent to an activating group) is 1. The van der Waals surface area contributed by atoms with Gasteiger partial charge in [0.15, 0.2) is 0 Å². The zero-order chi connectivity index (χ0) is 13.8. The molecule has 1 saturated heterocycles. The van der Waals surface area contributed by atoms with Crippen molar-refractivity contribution in [2.45, 2.75) is 18.4 Å². The minimum atomic E-state index is 0.136. The van der Waals surface area contributed by atoms with Crippen molar-refractivity contribution in [1.29, 1.82) is 0 Å². The lowest BCUT2D eigenvalue weighted by molar-refractivity contribution is 0.192. The van der Waals surface area contributed by atoms with Crippen LogP contribution in [0.1, 0.15) is 24.0 Å². The van der Waals surface area contributed by atoms with E-state index in [1.165, 1.54) is 11.1 Å². The Morgan fingerprint density at radius 1 is 0.950 bits per heavy atom. The fourth-order valence-electron chi connectivity index (χ4n) is 3.30. The van der Waals surface area contributed by atoms with Gasteiger partial charge in [0.1, 0.15) is 0 Å². The molecule has 0 radical (unpaired) electrons. The molecule has 0 amide bonds. The van der Waals surface area contributed by atoms with E-state index in [0.29, 0.717) is 5.92 Å². The maximum absolute atomic E-state index is 3.73. The Bertz CT molecular complexity index is 492. The quantitative estimate of drug-likeness (QED) is 0.869. The van der Waals surface area contributed by atoms with Crippen LogP contribution in [0.15, 0.2) is 60.7 Å². The minimum absolute atomic E-state index is 0.136. The SMILES string of the molecule is CCNC1(C(c2ccccc2)c2ccccc2)CNC1. The topological polar surface area (TPSA) is 24.1 Å². The third-order valence-electron chi connectivity index (χ3n) is 4.23. The Balaban J connectivity index is 2.04. The minimum Gasteiger partial charge on any atom is -0.313 e. The molecule has 2 aromatic carbocycles. The van der Waals surface area contributed by atoms with Crippen molar-refractivity contribution in [3.63, 3.8) is 0 Å². The van der Waals surface area contributed by atoms with Crippen molar-refractivity contribution in [3.8, 4) is 0 Å². The second-order valence-corrected chi connectivity index (χ2v) is 5.54. The van der Waals surface area contributed by atoms with Crippen LogP contribution in [0.5, 0.6) is 0 Å². The normalized spacial score (nSPS) is 16.9. The Labute approximate surface area is 121 Å². The standard InChI is InChI=1S/C18H22N2/c1-2-20-18(13-19-14-18)17(15-9-5-3-6-10-15)16-11-7-4-8-12-16/h3-12,17,19-20H,2,13-14H2,1H3. The van der Waals surface area contributed by atoms with E-state index in [9.17, 15) is 0 Å². The summed E-state index contributed by atoms with van der Waals surface area (Å²) in [5.74, 6) is 0.395. The van der Waals surface area contributed by atoms with Crippen molar-refractivity contribution in [2.24, 2.45) is 0 Å². The van der Waals surface area contributed by atoms with Crippen molar-refractivity contribution < 1.29 is 0 Å². The predicted octanol–water partition coefficient (Wildman–Crippen LogP) is 2.77. The van der Waals surface area contributed by atoms with E-state index in [4.69, 9.17) is 0 Å². The van der Waals surface area contributed by atoms with Gasteiger partial charge in [-0.05, 0) is 17.7 Å². The van der Waals surface area contributed by atoms with Gasteiger partial charge in [-0.25, -0.2) is 0 Å². The number of hydrogen-bond donors (Lipinski definition) is 2. The van der Waals surface area contributed by atoms with Crippen molar-refractivity contribution in [2.75, 3.05) is 19.6 Å². The Hall–Kier alpha value is -1.64. The summed E-state index contributed by atoms with van der Waals surface area (Å²) in [6, 6.07) is 21.7. The third kappa shape index (κ3) is 2.37. The summed E-state index contributed by atoms with van der Waals surface area (Å²) in [4.78, 5) is 0. The van der Waals surface area contributed by atoms with Gasteiger partial charge < -0.3 is 10.6 Å². The molecule has 2 nitrogen and oxygen atoms in total. The molecule has 2 aromatic rings. The molecule has 1 aliphatic rings. The molecule has 20 heavy (non-hydrogen) atoms. The van der Waals surface area contributed by atoms with E-state index in [1.54, 1.807) is 0 Å².